The Balaban J connectivity index is 2.55. The first-order chi connectivity index (χ1) is 13.9. The number of azide groups is 1. The van der Waals surface area contributed by atoms with Crippen LogP contribution in [0.15, 0.2) is 5.11 Å². The molecule has 1 aliphatic heterocycles. The quantitative estimate of drug-likeness (QED) is 0.130. The van der Waals surface area contributed by atoms with Gasteiger partial charge in [0.2, 0.25) is 0 Å². The Kier molecular flexibility index (Phi) is 12.5. The number of thioether (sulfide) groups is 2. The molecule has 0 aromatic carbocycles. The third-order valence-corrected chi connectivity index (χ3v) is 7.11. The second-order valence-electron chi connectivity index (χ2n) is 7.03. The number of nitrogens with zero attached hydrogens (tertiary/aromatic N) is 3. The second-order valence-corrected chi connectivity index (χ2v) is 9.24. The van der Waals surface area contributed by atoms with Crippen LogP contribution in [0.25, 0.3) is 10.4 Å². The van der Waals surface area contributed by atoms with E-state index in [1.54, 1.807) is 23.5 Å². The van der Waals surface area contributed by atoms with Crippen LogP contribution in [0, 0.1) is 5.41 Å². The van der Waals surface area contributed by atoms with Crippen molar-refractivity contribution in [3.63, 3.8) is 0 Å². The molecule has 0 saturated carbocycles. The maximum absolute atomic E-state index is 11.3. The smallest absolute Gasteiger partial charge is 0.306 e. The fourth-order valence-corrected chi connectivity index (χ4v) is 5.10. The van der Waals surface area contributed by atoms with E-state index in [0.717, 1.165) is 11.5 Å². The summed E-state index contributed by atoms with van der Waals surface area (Å²) in [6.07, 6.45) is 2.07. The summed E-state index contributed by atoms with van der Waals surface area (Å²) in [6.45, 7) is 3.38. The van der Waals surface area contributed by atoms with Crippen LogP contribution in [-0.2, 0) is 28.5 Å². The molecule has 1 rings (SSSR count). The van der Waals surface area contributed by atoms with Gasteiger partial charge in [0, 0.05) is 46.3 Å². The van der Waals surface area contributed by atoms with E-state index >= 15 is 0 Å². The summed E-state index contributed by atoms with van der Waals surface area (Å²) in [5.74, 6) is 1.77. The topological polar surface area (TPSA) is 120 Å². The van der Waals surface area contributed by atoms with Crippen LogP contribution in [0.4, 0.5) is 0 Å². The number of rotatable bonds is 14. The Bertz CT molecular complexity index is 538. The minimum atomic E-state index is -0.693. The molecule has 1 saturated heterocycles. The van der Waals surface area contributed by atoms with Crippen molar-refractivity contribution >= 4 is 35.5 Å². The highest BCUT2D eigenvalue weighted by Crippen LogP contribution is 2.37. The lowest BCUT2D eigenvalue weighted by molar-refractivity contribution is -0.290. The molecular weight excluding hydrogens is 418 g/mol. The Labute approximate surface area is 180 Å². The van der Waals surface area contributed by atoms with E-state index in [9.17, 15) is 9.59 Å². The molecule has 0 N–H and O–H groups in total. The van der Waals surface area contributed by atoms with Gasteiger partial charge < -0.3 is 18.9 Å². The van der Waals surface area contributed by atoms with Crippen LogP contribution < -0.4 is 0 Å². The zero-order valence-corrected chi connectivity index (χ0v) is 19.0. The number of hydrogen-bond donors (Lipinski definition) is 0. The molecule has 1 heterocycles. The minimum absolute atomic E-state index is 0.202. The lowest BCUT2D eigenvalue weighted by Crippen LogP contribution is -2.50. The van der Waals surface area contributed by atoms with Gasteiger partial charge in [-0.2, -0.15) is 23.5 Å². The predicted octanol–water partition coefficient (Wildman–Crippen LogP) is 3.42. The van der Waals surface area contributed by atoms with Gasteiger partial charge in [0.1, 0.15) is 0 Å². The van der Waals surface area contributed by atoms with Crippen molar-refractivity contribution in [2.24, 2.45) is 10.5 Å². The molecule has 0 radical (unpaired) electrons. The predicted molar refractivity (Wildman–Crippen MR) is 114 cm³/mol. The van der Waals surface area contributed by atoms with Crippen molar-refractivity contribution in [3.05, 3.63) is 10.4 Å². The molecular formula is C18H31N3O6S2. The standard InChI is InChI=1S/C18H31N3O6S2/c1-17(7-4-8-20-21-19)26-11-18(12-27-17,13-28-9-5-15(22)24-2)14-29-10-6-16(23)25-3/h4-14H2,1-3H3. The maximum Gasteiger partial charge on any atom is 0.306 e. The van der Waals surface area contributed by atoms with Crippen LogP contribution in [0.3, 0.4) is 0 Å². The lowest BCUT2D eigenvalue weighted by atomic mass is 9.93. The molecule has 0 atom stereocenters. The van der Waals surface area contributed by atoms with E-state index in [4.69, 9.17) is 15.0 Å². The van der Waals surface area contributed by atoms with E-state index in [-0.39, 0.29) is 17.4 Å². The summed E-state index contributed by atoms with van der Waals surface area (Å²) in [5, 5.41) is 3.55. The number of carbonyl (C=O) groups is 2. The largest absolute Gasteiger partial charge is 0.469 e. The van der Waals surface area contributed by atoms with Crippen LogP contribution in [-0.4, -0.2) is 74.7 Å². The average Bonchev–Trinajstić information content (AvgIpc) is 2.73. The highest BCUT2D eigenvalue weighted by molar-refractivity contribution is 8.00. The minimum Gasteiger partial charge on any atom is -0.469 e. The third kappa shape index (κ3) is 10.5. The van der Waals surface area contributed by atoms with Gasteiger partial charge in [0.05, 0.1) is 40.3 Å². The number of methoxy groups -OCH3 is 2. The van der Waals surface area contributed by atoms with Crippen molar-refractivity contribution in [3.8, 4) is 0 Å². The SMILES string of the molecule is COC(=O)CCSCC1(CSCCC(=O)OC)COC(C)(CCCN=[N+]=[N-])OC1. The van der Waals surface area contributed by atoms with Gasteiger partial charge in [-0.3, -0.25) is 9.59 Å². The van der Waals surface area contributed by atoms with Crippen molar-refractivity contribution in [2.45, 2.75) is 38.4 Å². The Morgan fingerprint density at radius 3 is 2.03 bits per heavy atom. The average molecular weight is 450 g/mol. The summed E-state index contributed by atoms with van der Waals surface area (Å²) >= 11 is 3.35. The van der Waals surface area contributed by atoms with Gasteiger partial charge in [0.25, 0.3) is 0 Å². The van der Waals surface area contributed by atoms with Gasteiger partial charge in [-0.25, -0.2) is 0 Å². The van der Waals surface area contributed by atoms with E-state index < -0.39 is 5.79 Å². The first-order valence-corrected chi connectivity index (χ1v) is 11.8. The Hall–Kier alpha value is -1.13. The summed E-state index contributed by atoms with van der Waals surface area (Å²) < 4.78 is 21.6. The molecule has 11 heteroatoms. The van der Waals surface area contributed by atoms with Crippen LogP contribution in [0.2, 0.25) is 0 Å². The molecule has 0 amide bonds. The highest BCUT2D eigenvalue weighted by atomic mass is 32.2. The van der Waals surface area contributed by atoms with E-state index in [1.807, 2.05) is 6.92 Å². The van der Waals surface area contributed by atoms with Crippen LogP contribution in [0.1, 0.15) is 32.6 Å². The second kappa shape index (κ2) is 14.0. The van der Waals surface area contributed by atoms with Crippen LogP contribution in [0.5, 0.6) is 0 Å². The fraction of sp³-hybridized carbons (Fsp3) is 0.889. The highest BCUT2D eigenvalue weighted by Gasteiger charge is 2.41. The van der Waals surface area contributed by atoms with Crippen molar-refractivity contribution < 1.29 is 28.5 Å². The summed E-state index contributed by atoms with van der Waals surface area (Å²) in [4.78, 5) is 25.4. The van der Waals surface area contributed by atoms with Crippen LogP contribution >= 0.6 is 23.5 Å². The maximum atomic E-state index is 11.3. The van der Waals surface area contributed by atoms with E-state index in [2.05, 4.69) is 19.5 Å². The van der Waals surface area contributed by atoms with Gasteiger partial charge >= 0.3 is 11.9 Å². The molecule has 0 spiro atoms. The number of esters is 2. The number of carbonyl (C=O) groups excluding carboxylic acids is 2. The number of hydrogen-bond acceptors (Lipinski definition) is 9. The molecule has 0 aromatic rings. The Morgan fingerprint density at radius 1 is 1.07 bits per heavy atom. The molecule has 166 valence electrons. The molecule has 1 fully saturated rings. The van der Waals surface area contributed by atoms with Gasteiger partial charge in [0.15, 0.2) is 5.79 Å². The van der Waals surface area contributed by atoms with Crippen molar-refractivity contribution in [2.75, 3.05) is 57.0 Å². The first-order valence-electron chi connectivity index (χ1n) is 9.46. The lowest BCUT2D eigenvalue weighted by Gasteiger charge is -2.45. The molecule has 29 heavy (non-hydrogen) atoms. The zero-order valence-electron chi connectivity index (χ0n) is 17.4. The summed E-state index contributed by atoms with van der Waals surface area (Å²) in [6, 6.07) is 0. The molecule has 0 aromatic heterocycles. The fourth-order valence-electron chi connectivity index (χ4n) is 2.66. The molecule has 0 bridgehead atoms. The van der Waals surface area contributed by atoms with Gasteiger partial charge in [-0.1, -0.05) is 5.11 Å². The monoisotopic (exact) mass is 449 g/mol. The normalized spacial score (nSPS) is 17.2. The third-order valence-electron chi connectivity index (χ3n) is 4.49. The molecule has 0 unspecified atom stereocenters. The van der Waals surface area contributed by atoms with Crippen molar-refractivity contribution in [1.29, 1.82) is 0 Å². The molecule has 0 aliphatic carbocycles. The van der Waals surface area contributed by atoms with Crippen molar-refractivity contribution in [1.82, 2.24) is 0 Å². The summed E-state index contributed by atoms with van der Waals surface area (Å²) in [7, 11) is 2.77. The zero-order chi connectivity index (χ0) is 21.6. The van der Waals surface area contributed by atoms with E-state index in [1.165, 1.54) is 14.2 Å². The van der Waals surface area contributed by atoms with E-state index in [0.29, 0.717) is 56.9 Å². The van der Waals surface area contributed by atoms with Gasteiger partial charge in [-0.15, -0.1) is 0 Å². The Morgan fingerprint density at radius 2 is 1.59 bits per heavy atom. The molecule has 9 nitrogen and oxygen atoms in total. The molecule has 1 aliphatic rings. The summed E-state index contributed by atoms with van der Waals surface area (Å²) in [5.41, 5.74) is 8.17. The first kappa shape index (κ1) is 25.9. The number of ether oxygens (including phenoxy) is 4. The van der Waals surface area contributed by atoms with Gasteiger partial charge in [-0.05, 0) is 18.9 Å².